The minimum atomic E-state index is -0.0795. The predicted molar refractivity (Wildman–Crippen MR) is 117 cm³/mol. The molecule has 1 aromatic heterocycles. The van der Waals surface area contributed by atoms with Crippen LogP contribution in [0.2, 0.25) is 0 Å². The van der Waals surface area contributed by atoms with Gasteiger partial charge in [-0.1, -0.05) is 49.0 Å². The van der Waals surface area contributed by atoms with E-state index in [1.54, 1.807) is 35.6 Å². The van der Waals surface area contributed by atoms with Gasteiger partial charge in [-0.15, -0.1) is 11.8 Å². The number of benzene rings is 2. The molecule has 1 unspecified atom stereocenters. The Balaban J connectivity index is 1.71. The Morgan fingerprint density at radius 3 is 2.62 bits per heavy atom. The number of rotatable bonds is 6. The van der Waals surface area contributed by atoms with Crippen molar-refractivity contribution in [2.45, 2.75) is 28.6 Å². The van der Waals surface area contributed by atoms with Crippen LogP contribution in [0, 0.1) is 0 Å². The first-order valence-electron chi connectivity index (χ1n) is 9.25. The second-order valence-electron chi connectivity index (χ2n) is 6.72. The van der Waals surface area contributed by atoms with Gasteiger partial charge in [-0.3, -0.25) is 14.2 Å². The minimum absolute atomic E-state index is 0.00868. The maximum absolute atomic E-state index is 13.3. The molecule has 1 aliphatic heterocycles. The maximum Gasteiger partial charge on any atom is 0.272 e. The fourth-order valence-corrected chi connectivity index (χ4v) is 5.21. The molecule has 0 radical (unpaired) electrons. The normalized spacial score (nSPS) is 15.2. The van der Waals surface area contributed by atoms with Crippen LogP contribution in [0.15, 0.2) is 69.4 Å². The number of methoxy groups -OCH3 is 1. The van der Waals surface area contributed by atoms with Crippen LogP contribution in [-0.4, -0.2) is 33.4 Å². The molecule has 0 amide bonds. The molecule has 0 spiro atoms. The number of carbonyl (C=O) groups excluding carboxylic acids is 1. The van der Waals surface area contributed by atoms with Crippen LogP contribution in [0.5, 0.6) is 5.75 Å². The highest BCUT2D eigenvalue weighted by Crippen LogP contribution is 2.35. The fourth-order valence-electron chi connectivity index (χ4n) is 3.19. The number of carbonyl (C=O) groups is 1. The third-order valence-electron chi connectivity index (χ3n) is 4.64. The topological polar surface area (TPSA) is 61.2 Å². The lowest BCUT2D eigenvalue weighted by Crippen LogP contribution is -2.24. The molecular formula is C22H20N2O3S2. The second kappa shape index (κ2) is 8.47. The van der Waals surface area contributed by atoms with Crippen molar-refractivity contribution in [3.05, 3.63) is 76.2 Å². The number of ether oxygens (including phenoxy) is 1. The summed E-state index contributed by atoms with van der Waals surface area (Å²) in [5.41, 5.74) is 2.11. The summed E-state index contributed by atoms with van der Waals surface area (Å²) in [6.07, 6.45) is 0.763. The van der Waals surface area contributed by atoms with Crippen molar-refractivity contribution in [1.82, 2.24) is 9.55 Å². The van der Waals surface area contributed by atoms with E-state index in [9.17, 15) is 9.59 Å². The van der Waals surface area contributed by atoms with E-state index in [2.05, 4.69) is 6.92 Å². The summed E-state index contributed by atoms with van der Waals surface area (Å²) in [4.78, 5) is 31.3. The molecule has 0 N–H and O–H groups in total. The van der Waals surface area contributed by atoms with Gasteiger partial charge in [0.2, 0.25) is 0 Å². The van der Waals surface area contributed by atoms with Gasteiger partial charge in [0, 0.05) is 17.2 Å². The van der Waals surface area contributed by atoms with Crippen molar-refractivity contribution in [3.8, 4) is 11.4 Å². The van der Waals surface area contributed by atoms with E-state index >= 15 is 0 Å². The van der Waals surface area contributed by atoms with Gasteiger partial charge >= 0.3 is 0 Å². The molecule has 1 atom stereocenters. The summed E-state index contributed by atoms with van der Waals surface area (Å²) >= 11 is 2.87. The number of hydrogen-bond acceptors (Lipinski definition) is 6. The maximum atomic E-state index is 13.3. The van der Waals surface area contributed by atoms with E-state index in [4.69, 9.17) is 9.72 Å². The Morgan fingerprint density at radius 2 is 1.93 bits per heavy atom. The molecule has 4 rings (SSSR count). The molecule has 0 fully saturated rings. The molecule has 2 heterocycles. The molecule has 0 saturated carbocycles. The molecule has 0 aliphatic carbocycles. The molecule has 29 heavy (non-hydrogen) atoms. The van der Waals surface area contributed by atoms with E-state index in [-0.39, 0.29) is 17.1 Å². The Labute approximate surface area is 177 Å². The van der Waals surface area contributed by atoms with Gasteiger partial charge in [0.15, 0.2) is 10.9 Å². The fraction of sp³-hybridized carbons (Fsp3) is 0.227. The lowest BCUT2D eigenvalue weighted by molar-refractivity contribution is 0.102. The number of nitrogens with zero attached hydrogens (tertiary/aromatic N) is 2. The summed E-state index contributed by atoms with van der Waals surface area (Å²) in [5, 5.41) is 0.860. The van der Waals surface area contributed by atoms with Gasteiger partial charge in [-0.05, 0) is 24.3 Å². The number of aromatic nitrogens is 2. The van der Waals surface area contributed by atoms with Crippen molar-refractivity contribution in [1.29, 1.82) is 0 Å². The minimum Gasteiger partial charge on any atom is -0.497 e. The van der Waals surface area contributed by atoms with Crippen LogP contribution in [-0.2, 0) is 6.42 Å². The van der Waals surface area contributed by atoms with Gasteiger partial charge in [-0.2, -0.15) is 0 Å². The summed E-state index contributed by atoms with van der Waals surface area (Å²) in [5.74, 6) is 0.940. The summed E-state index contributed by atoms with van der Waals surface area (Å²) in [6, 6.07) is 16.5. The van der Waals surface area contributed by atoms with Crippen LogP contribution >= 0.6 is 23.5 Å². The highest BCUT2D eigenvalue weighted by molar-refractivity contribution is 8.00. The average molecular weight is 425 g/mol. The number of thioether (sulfide) groups is 2. The summed E-state index contributed by atoms with van der Waals surface area (Å²) in [7, 11) is 1.60. The van der Waals surface area contributed by atoms with Gasteiger partial charge in [0.25, 0.3) is 5.56 Å². The Morgan fingerprint density at radius 1 is 1.21 bits per heavy atom. The first-order valence-corrected chi connectivity index (χ1v) is 11.1. The van der Waals surface area contributed by atoms with Crippen LogP contribution < -0.4 is 10.3 Å². The number of ketones is 1. The average Bonchev–Trinajstić information content (AvgIpc) is 3.13. The molecule has 148 valence electrons. The lowest BCUT2D eigenvalue weighted by Gasteiger charge is -2.14. The Kier molecular flexibility index (Phi) is 5.78. The summed E-state index contributed by atoms with van der Waals surface area (Å²) < 4.78 is 6.83. The van der Waals surface area contributed by atoms with Gasteiger partial charge in [0.05, 0.1) is 29.1 Å². The molecule has 2 aromatic carbocycles. The predicted octanol–water partition coefficient (Wildman–Crippen LogP) is 4.25. The first kappa shape index (κ1) is 19.8. The number of fused-ring (bicyclic) bond motifs is 1. The lowest BCUT2D eigenvalue weighted by atomic mass is 10.2. The van der Waals surface area contributed by atoms with Gasteiger partial charge < -0.3 is 4.74 Å². The molecule has 0 bridgehead atoms. The highest BCUT2D eigenvalue weighted by Gasteiger charge is 2.27. The van der Waals surface area contributed by atoms with E-state index in [0.29, 0.717) is 32.3 Å². The number of hydrogen-bond donors (Lipinski definition) is 0. The van der Waals surface area contributed by atoms with Crippen molar-refractivity contribution >= 4 is 29.3 Å². The number of Topliss-reactive ketones (excluding diaryl/α,β-unsaturated/α-hetero) is 1. The second-order valence-corrected chi connectivity index (χ2v) is 9.11. The molecule has 5 nitrogen and oxygen atoms in total. The van der Waals surface area contributed by atoms with Gasteiger partial charge in [0.1, 0.15) is 5.75 Å². The SMILES string of the molecule is COc1ccc(-n2c(SCC(=O)c3ccccc3)nc3c(c2=O)SC(C)C3)cc1. The van der Waals surface area contributed by atoms with E-state index in [0.717, 1.165) is 12.1 Å². The largest absolute Gasteiger partial charge is 0.497 e. The molecule has 3 aromatic rings. The molecular weight excluding hydrogens is 404 g/mol. The van der Waals surface area contributed by atoms with Crippen LogP contribution in [0.4, 0.5) is 0 Å². The zero-order valence-electron chi connectivity index (χ0n) is 16.1. The highest BCUT2D eigenvalue weighted by atomic mass is 32.2. The standard InChI is InChI=1S/C22H20N2O3S2/c1-14-12-18-20(29-14)21(26)24(16-8-10-17(27-2)11-9-16)22(23-18)28-13-19(25)15-6-4-3-5-7-15/h3-11,14H,12-13H2,1-2H3. The Bertz CT molecular complexity index is 1100. The van der Waals surface area contributed by atoms with Crippen molar-refractivity contribution in [2.24, 2.45) is 0 Å². The van der Waals surface area contributed by atoms with Crippen LogP contribution in [0.3, 0.4) is 0 Å². The first-order chi connectivity index (χ1) is 14.1. The third-order valence-corrected chi connectivity index (χ3v) is 6.79. The smallest absolute Gasteiger partial charge is 0.272 e. The van der Waals surface area contributed by atoms with E-state index in [1.165, 1.54) is 11.8 Å². The monoisotopic (exact) mass is 424 g/mol. The van der Waals surface area contributed by atoms with E-state index in [1.807, 2.05) is 42.5 Å². The van der Waals surface area contributed by atoms with Crippen LogP contribution in [0.25, 0.3) is 5.69 Å². The van der Waals surface area contributed by atoms with Crippen molar-refractivity contribution < 1.29 is 9.53 Å². The molecule has 0 saturated heterocycles. The summed E-state index contributed by atoms with van der Waals surface area (Å²) in [6.45, 7) is 2.09. The van der Waals surface area contributed by atoms with E-state index < -0.39 is 0 Å². The zero-order valence-corrected chi connectivity index (χ0v) is 17.8. The van der Waals surface area contributed by atoms with Crippen molar-refractivity contribution in [3.63, 3.8) is 0 Å². The van der Waals surface area contributed by atoms with Crippen molar-refractivity contribution in [2.75, 3.05) is 12.9 Å². The molecule has 1 aliphatic rings. The third kappa shape index (κ3) is 4.11. The quantitative estimate of drug-likeness (QED) is 0.335. The zero-order chi connectivity index (χ0) is 20.4. The van der Waals surface area contributed by atoms with Crippen LogP contribution in [0.1, 0.15) is 23.0 Å². The Hall–Kier alpha value is -2.51. The molecule has 7 heteroatoms. The van der Waals surface area contributed by atoms with Gasteiger partial charge in [-0.25, -0.2) is 4.98 Å².